The van der Waals surface area contributed by atoms with Crippen LogP contribution in [-0.4, -0.2) is 27.9 Å². The van der Waals surface area contributed by atoms with E-state index in [0.29, 0.717) is 6.54 Å². The van der Waals surface area contributed by atoms with Gasteiger partial charge in [-0.3, -0.25) is 14.9 Å². The second-order valence-corrected chi connectivity index (χ2v) is 7.07. The second kappa shape index (κ2) is 6.93. The van der Waals surface area contributed by atoms with Crippen molar-refractivity contribution in [2.24, 2.45) is 0 Å². The predicted molar refractivity (Wildman–Crippen MR) is 95.7 cm³/mol. The molecule has 0 saturated carbocycles. The van der Waals surface area contributed by atoms with E-state index >= 15 is 0 Å². The molecule has 25 heavy (non-hydrogen) atoms. The highest BCUT2D eigenvalue weighted by Crippen LogP contribution is 2.27. The Kier molecular flexibility index (Phi) is 5.11. The molecule has 0 aliphatic carbocycles. The molecule has 0 saturated heterocycles. The first-order valence-corrected chi connectivity index (χ1v) is 7.92. The van der Waals surface area contributed by atoms with Crippen molar-refractivity contribution < 1.29 is 14.8 Å². The third-order valence-corrected chi connectivity index (χ3v) is 4.01. The maximum Gasteiger partial charge on any atom is 0.310 e. The Morgan fingerprint density at radius 2 is 1.76 bits per heavy atom. The lowest BCUT2D eigenvalue weighted by Crippen LogP contribution is -2.26. The number of phenolic OH excluding ortho intramolecular Hbond substituents is 1. The molecule has 0 atom stereocenters. The van der Waals surface area contributed by atoms with Crippen molar-refractivity contribution in [1.82, 2.24) is 4.90 Å². The van der Waals surface area contributed by atoms with Gasteiger partial charge in [-0.25, -0.2) is 0 Å². The van der Waals surface area contributed by atoms with Crippen molar-refractivity contribution in [2.45, 2.75) is 32.7 Å². The molecule has 2 aromatic carbocycles. The summed E-state index contributed by atoms with van der Waals surface area (Å²) in [6, 6.07) is 11.7. The summed E-state index contributed by atoms with van der Waals surface area (Å²) in [7, 11) is 1.65. The lowest BCUT2D eigenvalue weighted by Gasteiger charge is -2.21. The standard InChI is InChI=1S/C19H22N2O4/c1-19(2,3)15-8-5-13(6-9-15)12-20(4)18(23)14-7-10-16(21(24)25)17(22)11-14/h5-11,22H,12H2,1-4H3. The normalized spacial score (nSPS) is 11.2. The average Bonchev–Trinajstić information content (AvgIpc) is 2.53. The molecule has 0 aromatic heterocycles. The lowest BCUT2D eigenvalue weighted by molar-refractivity contribution is -0.385. The van der Waals surface area contributed by atoms with Gasteiger partial charge in [0.05, 0.1) is 4.92 Å². The molecule has 1 amide bonds. The summed E-state index contributed by atoms with van der Waals surface area (Å²) in [5.74, 6) is -0.830. The number of nitro groups is 1. The smallest absolute Gasteiger partial charge is 0.310 e. The van der Waals surface area contributed by atoms with Crippen LogP contribution in [0.5, 0.6) is 5.75 Å². The van der Waals surface area contributed by atoms with Crippen LogP contribution in [0.2, 0.25) is 0 Å². The molecule has 0 spiro atoms. The maximum atomic E-state index is 12.5. The molecule has 6 heteroatoms. The second-order valence-electron chi connectivity index (χ2n) is 7.07. The van der Waals surface area contributed by atoms with Gasteiger partial charge in [-0.15, -0.1) is 0 Å². The first-order chi connectivity index (χ1) is 11.6. The Morgan fingerprint density at radius 1 is 1.16 bits per heavy atom. The molecule has 1 N–H and O–H groups in total. The van der Waals surface area contributed by atoms with E-state index in [-0.39, 0.29) is 16.9 Å². The van der Waals surface area contributed by atoms with E-state index in [0.717, 1.165) is 17.7 Å². The third kappa shape index (κ3) is 4.35. The van der Waals surface area contributed by atoms with Gasteiger partial charge in [-0.05, 0) is 28.7 Å². The van der Waals surface area contributed by atoms with Gasteiger partial charge in [0.2, 0.25) is 0 Å². The fourth-order valence-electron chi connectivity index (χ4n) is 2.49. The minimum absolute atomic E-state index is 0.0660. The minimum atomic E-state index is -0.690. The molecular weight excluding hydrogens is 320 g/mol. The SMILES string of the molecule is CN(Cc1ccc(C(C)(C)C)cc1)C(=O)c1ccc([N+](=O)[O-])c(O)c1. The summed E-state index contributed by atoms with van der Waals surface area (Å²) in [4.78, 5) is 24.0. The Balaban J connectivity index is 2.12. The quantitative estimate of drug-likeness (QED) is 0.675. The van der Waals surface area contributed by atoms with Gasteiger partial charge < -0.3 is 10.0 Å². The van der Waals surface area contributed by atoms with Crippen LogP contribution in [0.1, 0.15) is 42.3 Å². The molecular formula is C19H22N2O4. The van der Waals surface area contributed by atoms with Crippen LogP contribution >= 0.6 is 0 Å². The topological polar surface area (TPSA) is 83.7 Å². The molecule has 2 rings (SSSR count). The van der Waals surface area contributed by atoms with Crippen LogP contribution in [0.3, 0.4) is 0 Å². The van der Waals surface area contributed by atoms with Crippen LogP contribution in [-0.2, 0) is 12.0 Å². The van der Waals surface area contributed by atoms with E-state index < -0.39 is 16.4 Å². The Hall–Kier alpha value is -2.89. The van der Waals surface area contributed by atoms with Crippen molar-refractivity contribution in [1.29, 1.82) is 0 Å². The number of carbonyl (C=O) groups is 1. The highest BCUT2D eigenvalue weighted by molar-refractivity contribution is 5.94. The molecule has 2 aromatic rings. The van der Waals surface area contributed by atoms with Crippen molar-refractivity contribution in [3.8, 4) is 5.75 Å². The van der Waals surface area contributed by atoms with E-state index in [1.54, 1.807) is 7.05 Å². The van der Waals surface area contributed by atoms with Gasteiger partial charge in [-0.2, -0.15) is 0 Å². The number of carbonyl (C=O) groups excluding carboxylic acids is 1. The van der Waals surface area contributed by atoms with Crippen molar-refractivity contribution in [3.05, 3.63) is 69.3 Å². The van der Waals surface area contributed by atoms with Crippen LogP contribution in [0.25, 0.3) is 0 Å². The van der Waals surface area contributed by atoms with Crippen LogP contribution in [0.15, 0.2) is 42.5 Å². The van der Waals surface area contributed by atoms with Crippen molar-refractivity contribution in [2.75, 3.05) is 7.05 Å². The molecule has 0 aliphatic heterocycles. The summed E-state index contributed by atoms with van der Waals surface area (Å²) < 4.78 is 0. The number of nitro benzene ring substituents is 1. The Labute approximate surface area is 146 Å². The third-order valence-electron chi connectivity index (χ3n) is 4.01. The molecule has 0 fully saturated rings. The zero-order valence-corrected chi connectivity index (χ0v) is 14.8. The summed E-state index contributed by atoms with van der Waals surface area (Å²) in [6.45, 7) is 6.82. The first-order valence-electron chi connectivity index (χ1n) is 7.92. The fourth-order valence-corrected chi connectivity index (χ4v) is 2.49. The Morgan fingerprint density at radius 3 is 2.24 bits per heavy atom. The average molecular weight is 342 g/mol. The number of nitrogens with zero attached hydrogens (tertiary/aromatic N) is 2. The lowest BCUT2D eigenvalue weighted by atomic mass is 9.87. The number of aromatic hydroxyl groups is 1. The fraction of sp³-hybridized carbons (Fsp3) is 0.316. The number of hydrogen-bond donors (Lipinski definition) is 1. The van der Waals surface area contributed by atoms with E-state index in [2.05, 4.69) is 20.8 Å². The van der Waals surface area contributed by atoms with E-state index in [4.69, 9.17) is 0 Å². The first kappa shape index (κ1) is 18.4. The molecule has 132 valence electrons. The van der Waals surface area contributed by atoms with Gasteiger partial charge in [0.15, 0.2) is 5.75 Å². The number of phenols is 1. The van der Waals surface area contributed by atoms with Gasteiger partial charge in [0.25, 0.3) is 5.91 Å². The molecule has 6 nitrogen and oxygen atoms in total. The van der Waals surface area contributed by atoms with Gasteiger partial charge >= 0.3 is 5.69 Å². The van der Waals surface area contributed by atoms with Gasteiger partial charge in [0.1, 0.15) is 0 Å². The molecule has 0 heterocycles. The van der Waals surface area contributed by atoms with Crippen LogP contribution < -0.4 is 0 Å². The monoisotopic (exact) mass is 342 g/mol. The predicted octanol–water partition coefficient (Wildman–Crippen LogP) is 3.87. The zero-order chi connectivity index (χ0) is 18.8. The number of rotatable bonds is 4. The zero-order valence-electron chi connectivity index (χ0n) is 14.8. The van der Waals surface area contributed by atoms with Crippen molar-refractivity contribution >= 4 is 11.6 Å². The highest BCUT2D eigenvalue weighted by Gasteiger charge is 2.19. The largest absolute Gasteiger partial charge is 0.502 e. The maximum absolute atomic E-state index is 12.5. The summed E-state index contributed by atoms with van der Waals surface area (Å²) in [5, 5.41) is 20.4. The van der Waals surface area contributed by atoms with E-state index in [9.17, 15) is 20.0 Å². The number of amides is 1. The number of benzene rings is 2. The van der Waals surface area contributed by atoms with Crippen molar-refractivity contribution in [3.63, 3.8) is 0 Å². The molecule has 0 aliphatic rings. The molecule has 0 unspecified atom stereocenters. The van der Waals surface area contributed by atoms with E-state index in [1.165, 1.54) is 16.5 Å². The van der Waals surface area contributed by atoms with Crippen LogP contribution in [0, 0.1) is 10.1 Å². The molecule has 0 bridgehead atoms. The van der Waals surface area contributed by atoms with E-state index in [1.807, 2.05) is 24.3 Å². The summed E-state index contributed by atoms with van der Waals surface area (Å²) in [6.07, 6.45) is 0. The van der Waals surface area contributed by atoms with Gasteiger partial charge in [0, 0.05) is 25.2 Å². The summed E-state index contributed by atoms with van der Waals surface area (Å²) in [5.41, 5.74) is 2.05. The van der Waals surface area contributed by atoms with Crippen LogP contribution in [0.4, 0.5) is 5.69 Å². The molecule has 0 radical (unpaired) electrons. The minimum Gasteiger partial charge on any atom is -0.502 e. The number of hydrogen-bond acceptors (Lipinski definition) is 4. The highest BCUT2D eigenvalue weighted by atomic mass is 16.6. The Bertz CT molecular complexity index is 792. The summed E-state index contributed by atoms with van der Waals surface area (Å²) >= 11 is 0. The van der Waals surface area contributed by atoms with Gasteiger partial charge in [-0.1, -0.05) is 45.0 Å².